The molecule has 1 amide bonds. The Labute approximate surface area is 122 Å². The van der Waals surface area contributed by atoms with Gasteiger partial charge < -0.3 is 10.2 Å². The maximum Gasteiger partial charge on any atom is 0.240 e. The summed E-state index contributed by atoms with van der Waals surface area (Å²) in [5.41, 5.74) is 0. The monoisotopic (exact) mass is 302 g/mol. The van der Waals surface area contributed by atoms with Gasteiger partial charge in [-0.1, -0.05) is 20.3 Å². The zero-order chi connectivity index (χ0) is 14.8. The fraction of sp³-hybridized carbons (Fsp3) is 0.929. The number of hydrogen-bond donors (Lipinski definition) is 1. The Bertz CT molecular complexity index is 449. The van der Waals surface area contributed by atoms with Crippen LogP contribution in [0.4, 0.5) is 0 Å². The quantitative estimate of drug-likeness (QED) is 0.816. The summed E-state index contributed by atoms with van der Waals surface area (Å²) in [4.78, 5) is 14.6. The molecule has 3 atom stereocenters. The largest absolute Gasteiger partial charge is 0.337 e. The van der Waals surface area contributed by atoms with Crippen LogP contribution in [-0.4, -0.2) is 55.9 Å². The minimum atomic E-state index is -2.95. The second-order valence-electron chi connectivity index (χ2n) is 6.14. The summed E-state index contributed by atoms with van der Waals surface area (Å²) in [6, 6.07) is -0.246. The molecule has 0 aromatic carbocycles. The first-order valence-corrected chi connectivity index (χ1v) is 9.51. The number of carbonyl (C=O) groups excluding carboxylic acids is 1. The third-order valence-corrected chi connectivity index (χ3v) is 6.23. The molecule has 0 radical (unpaired) electrons. The molecule has 1 N–H and O–H groups in total. The summed E-state index contributed by atoms with van der Waals surface area (Å²) in [7, 11) is -2.95. The SMILES string of the molecule is CCCCN(C(=O)C1NCCC1C)C1CCS(=O)(=O)C1. The molecule has 5 nitrogen and oxygen atoms in total. The molecule has 2 aliphatic heterocycles. The third kappa shape index (κ3) is 3.52. The van der Waals surface area contributed by atoms with Gasteiger partial charge in [-0.3, -0.25) is 4.79 Å². The molecule has 2 rings (SSSR count). The van der Waals surface area contributed by atoms with Crippen LogP contribution in [0, 0.1) is 5.92 Å². The molecule has 0 spiro atoms. The van der Waals surface area contributed by atoms with Gasteiger partial charge in [-0.25, -0.2) is 8.42 Å². The minimum Gasteiger partial charge on any atom is -0.337 e. The molecule has 6 heteroatoms. The van der Waals surface area contributed by atoms with Crippen LogP contribution in [0.15, 0.2) is 0 Å². The lowest BCUT2D eigenvalue weighted by Crippen LogP contribution is -2.51. The van der Waals surface area contributed by atoms with Crippen LogP contribution in [-0.2, 0) is 14.6 Å². The third-order valence-electron chi connectivity index (χ3n) is 4.48. The number of rotatable bonds is 5. The van der Waals surface area contributed by atoms with E-state index in [9.17, 15) is 13.2 Å². The number of nitrogens with zero attached hydrogens (tertiary/aromatic N) is 1. The fourth-order valence-corrected chi connectivity index (χ4v) is 4.90. The van der Waals surface area contributed by atoms with Crippen molar-refractivity contribution in [1.82, 2.24) is 10.2 Å². The lowest BCUT2D eigenvalue weighted by molar-refractivity contribution is -0.135. The van der Waals surface area contributed by atoms with Gasteiger partial charge in [0.25, 0.3) is 0 Å². The normalized spacial score (nSPS) is 32.4. The average Bonchev–Trinajstić information content (AvgIpc) is 2.95. The molecule has 2 fully saturated rings. The number of nitrogens with one attached hydrogen (secondary N) is 1. The van der Waals surface area contributed by atoms with E-state index in [0.717, 1.165) is 25.8 Å². The number of amides is 1. The van der Waals surface area contributed by atoms with Gasteiger partial charge in [-0.2, -0.15) is 0 Å². The van der Waals surface area contributed by atoms with Crippen molar-refractivity contribution in [2.45, 2.75) is 51.6 Å². The van der Waals surface area contributed by atoms with Crippen molar-refractivity contribution in [3.63, 3.8) is 0 Å². The Kier molecular flexibility index (Phi) is 5.07. The Morgan fingerprint density at radius 3 is 2.60 bits per heavy atom. The highest BCUT2D eigenvalue weighted by Crippen LogP contribution is 2.23. The molecule has 116 valence electrons. The average molecular weight is 302 g/mol. The molecule has 0 aromatic rings. The predicted molar refractivity (Wildman–Crippen MR) is 79.3 cm³/mol. The summed E-state index contributed by atoms with van der Waals surface area (Å²) in [6.45, 7) is 5.74. The zero-order valence-electron chi connectivity index (χ0n) is 12.5. The van der Waals surface area contributed by atoms with Gasteiger partial charge in [0.1, 0.15) is 0 Å². The molecule has 0 aliphatic carbocycles. The van der Waals surface area contributed by atoms with E-state index in [4.69, 9.17) is 0 Å². The van der Waals surface area contributed by atoms with E-state index in [1.54, 1.807) is 0 Å². The lowest BCUT2D eigenvalue weighted by Gasteiger charge is -2.32. The zero-order valence-corrected chi connectivity index (χ0v) is 13.3. The molecule has 2 heterocycles. The van der Waals surface area contributed by atoms with E-state index in [0.29, 0.717) is 18.9 Å². The molecular weight excluding hydrogens is 276 g/mol. The Hall–Kier alpha value is -0.620. The number of unbranched alkanes of at least 4 members (excludes halogenated alkanes) is 1. The van der Waals surface area contributed by atoms with Gasteiger partial charge in [0.05, 0.1) is 17.5 Å². The van der Waals surface area contributed by atoms with Gasteiger partial charge in [0.15, 0.2) is 9.84 Å². The fourth-order valence-electron chi connectivity index (χ4n) is 3.17. The first kappa shape index (κ1) is 15.8. The van der Waals surface area contributed by atoms with Crippen molar-refractivity contribution in [2.75, 3.05) is 24.6 Å². The molecule has 20 heavy (non-hydrogen) atoms. The standard InChI is InChI=1S/C14H26N2O3S/c1-3-4-8-16(12-6-9-20(18,19)10-12)14(17)13-11(2)5-7-15-13/h11-13,15H,3-10H2,1-2H3. The summed E-state index contributed by atoms with van der Waals surface area (Å²) in [5.74, 6) is 0.806. The second kappa shape index (κ2) is 6.43. The Balaban J connectivity index is 2.08. The van der Waals surface area contributed by atoms with Crippen LogP contribution in [0.3, 0.4) is 0 Å². The van der Waals surface area contributed by atoms with E-state index < -0.39 is 9.84 Å². The second-order valence-corrected chi connectivity index (χ2v) is 8.37. The molecule has 2 aliphatic rings. The van der Waals surface area contributed by atoms with Gasteiger partial charge >= 0.3 is 0 Å². The topological polar surface area (TPSA) is 66.5 Å². The van der Waals surface area contributed by atoms with Crippen molar-refractivity contribution >= 4 is 15.7 Å². The maximum atomic E-state index is 12.7. The summed E-state index contributed by atoms with van der Waals surface area (Å²) < 4.78 is 23.3. The summed E-state index contributed by atoms with van der Waals surface area (Å²) in [6.07, 6.45) is 3.56. The molecule has 3 unspecified atom stereocenters. The highest BCUT2D eigenvalue weighted by atomic mass is 32.2. The Morgan fingerprint density at radius 2 is 2.10 bits per heavy atom. The number of hydrogen-bond acceptors (Lipinski definition) is 4. The predicted octanol–water partition coefficient (Wildman–Crippen LogP) is 0.800. The van der Waals surface area contributed by atoms with E-state index in [1.165, 1.54) is 0 Å². The van der Waals surface area contributed by atoms with Crippen molar-refractivity contribution in [3.8, 4) is 0 Å². The maximum absolute atomic E-state index is 12.7. The van der Waals surface area contributed by atoms with Crippen LogP contribution in [0.2, 0.25) is 0 Å². The van der Waals surface area contributed by atoms with E-state index in [2.05, 4.69) is 19.2 Å². The van der Waals surface area contributed by atoms with Crippen molar-refractivity contribution in [2.24, 2.45) is 5.92 Å². The first-order chi connectivity index (χ1) is 9.44. The molecule has 0 aromatic heterocycles. The van der Waals surface area contributed by atoms with Gasteiger partial charge in [-0.05, 0) is 31.7 Å². The lowest BCUT2D eigenvalue weighted by atomic mass is 10.0. The number of sulfone groups is 1. The molecule has 0 saturated carbocycles. The van der Waals surface area contributed by atoms with Crippen molar-refractivity contribution < 1.29 is 13.2 Å². The highest BCUT2D eigenvalue weighted by Gasteiger charge is 2.39. The van der Waals surface area contributed by atoms with Crippen molar-refractivity contribution in [1.29, 1.82) is 0 Å². The van der Waals surface area contributed by atoms with Gasteiger partial charge in [0.2, 0.25) is 5.91 Å². The van der Waals surface area contributed by atoms with Crippen LogP contribution < -0.4 is 5.32 Å². The molecule has 0 bridgehead atoms. The summed E-state index contributed by atoms with van der Waals surface area (Å²) in [5, 5.41) is 3.27. The molecular formula is C14H26N2O3S. The first-order valence-electron chi connectivity index (χ1n) is 7.69. The molecule has 2 saturated heterocycles. The van der Waals surface area contributed by atoms with E-state index in [1.807, 2.05) is 4.90 Å². The van der Waals surface area contributed by atoms with Crippen LogP contribution in [0.25, 0.3) is 0 Å². The van der Waals surface area contributed by atoms with E-state index >= 15 is 0 Å². The van der Waals surface area contributed by atoms with E-state index in [-0.39, 0.29) is 29.5 Å². The summed E-state index contributed by atoms with van der Waals surface area (Å²) >= 11 is 0. The van der Waals surface area contributed by atoms with Crippen LogP contribution in [0.5, 0.6) is 0 Å². The van der Waals surface area contributed by atoms with Crippen LogP contribution >= 0.6 is 0 Å². The Morgan fingerprint density at radius 1 is 1.35 bits per heavy atom. The van der Waals surface area contributed by atoms with Crippen LogP contribution in [0.1, 0.15) is 39.5 Å². The van der Waals surface area contributed by atoms with Crippen molar-refractivity contribution in [3.05, 3.63) is 0 Å². The smallest absolute Gasteiger partial charge is 0.240 e. The van der Waals surface area contributed by atoms with Gasteiger partial charge in [-0.15, -0.1) is 0 Å². The minimum absolute atomic E-state index is 0.102. The number of carbonyl (C=O) groups is 1. The van der Waals surface area contributed by atoms with Gasteiger partial charge in [0, 0.05) is 12.6 Å². The highest BCUT2D eigenvalue weighted by molar-refractivity contribution is 7.91.